The van der Waals surface area contributed by atoms with Gasteiger partial charge < -0.3 is 15.0 Å². The van der Waals surface area contributed by atoms with E-state index in [1.165, 1.54) is 33.8 Å². The third-order valence-corrected chi connectivity index (χ3v) is 6.67. The van der Waals surface area contributed by atoms with Gasteiger partial charge in [0.15, 0.2) is 0 Å². The Bertz CT molecular complexity index is 1470. The van der Waals surface area contributed by atoms with Crippen molar-refractivity contribution in [2.75, 3.05) is 36.1 Å². The van der Waals surface area contributed by atoms with Crippen LogP contribution < -0.4 is 15.1 Å². The van der Waals surface area contributed by atoms with Crippen LogP contribution in [0.4, 0.5) is 15.8 Å². The molecular weight excluding hydrogens is 511 g/mol. The van der Waals surface area contributed by atoms with Gasteiger partial charge in [0.1, 0.15) is 23.9 Å². The average molecular weight is 545 g/mol. The van der Waals surface area contributed by atoms with E-state index < -0.39 is 23.3 Å². The van der Waals surface area contributed by atoms with E-state index in [0.717, 1.165) is 18.8 Å². The summed E-state index contributed by atoms with van der Waals surface area (Å²) in [5, 5.41) is 11.4. The number of carbonyl (C=O) groups excluding carboxylic acids is 2. The molecule has 2 heterocycles. The number of hydrogen-bond donors (Lipinski definition) is 1. The molecule has 1 N–H and O–H groups in total. The van der Waals surface area contributed by atoms with Crippen LogP contribution in [-0.4, -0.2) is 58.7 Å². The Labute approximate surface area is 232 Å². The second-order valence-corrected chi connectivity index (χ2v) is 10.8. The topological polar surface area (TPSA) is 92.6 Å². The molecule has 0 bridgehead atoms. The standard InChI is InChI=1S/C30H33FN6O3/c1-30(2,3)32-29(39)28(21-8-12-23(13-9-21)35-16-18-40-19-17-35)37(24-14-10-22(31)11-15-24)27(38)20-36-26-7-5-4-6-25(26)33-34-36/h4-15,28H,16-20H2,1-3H3,(H,32,39)/t28-/m1/s1. The van der Waals surface area contributed by atoms with Gasteiger partial charge in [0.25, 0.3) is 0 Å². The Kier molecular flexibility index (Phi) is 7.79. The maximum atomic E-state index is 14.1. The lowest BCUT2D eigenvalue weighted by Crippen LogP contribution is -2.50. The highest BCUT2D eigenvalue weighted by atomic mass is 19.1. The number of aromatic nitrogens is 3. The average Bonchev–Trinajstić information content (AvgIpc) is 3.34. The molecule has 4 aromatic rings. The first-order chi connectivity index (χ1) is 19.2. The molecule has 1 aliphatic heterocycles. The number of hydrogen-bond acceptors (Lipinski definition) is 6. The highest BCUT2D eigenvalue weighted by Gasteiger charge is 2.35. The van der Waals surface area contributed by atoms with Crippen molar-refractivity contribution in [3.05, 3.63) is 84.2 Å². The van der Waals surface area contributed by atoms with Crippen molar-refractivity contribution in [3.63, 3.8) is 0 Å². The fourth-order valence-electron chi connectivity index (χ4n) is 4.82. The van der Waals surface area contributed by atoms with Gasteiger partial charge in [0, 0.05) is 30.0 Å². The van der Waals surface area contributed by atoms with Crippen molar-refractivity contribution in [3.8, 4) is 0 Å². The first kappa shape index (κ1) is 27.3. The summed E-state index contributed by atoms with van der Waals surface area (Å²) < 4.78 is 20.9. The molecule has 0 aliphatic carbocycles. The number of nitrogens with one attached hydrogen (secondary N) is 1. The molecule has 10 heteroatoms. The number of benzene rings is 3. The fraction of sp³-hybridized carbons (Fsp3) is 0.333. The minimum atomic E-state index is -1.02. The number of ether oxygens (including phenoxy) is 1. The van der Waals surface area contributed by atoms with Gasteiger partial charge in [-0.05, 0) is 74.9 Å². The molecule has 2 amide bonds. The van der Waals surface area contributed by atoms with Crippen LogP contribution in [0.3, 0.4) is 0 Å². The third kappa shape index (κ3) is 6.12. The van der Waals surface area contributed by atoms with Crippen LogP contribution in [0.2, 0.25) is 0 Å². The SMILES string of the molecule is CC(C)(C)NC(=O)[C@@H](c1ccc(N2CCOCC2)cc1)N(C(=O)Cn1nnc2ccccc21)c1ccc(F)cc1. The van der Waals surface area contributed by atoms with E-state index in [2.05, 4.69) is 20.5 Å². The molecule has 1 saturated heterocycles. The molecule has 0 unspecified atom stereocenters. The Morgan fingerprint density at radius 1 is 1.00 bits per heavy atom. The summed E-state index contributed by atoms with van der Waals surface area (Å²) in [6.07, 6.45) is 0. The van der Waals surface area contributed by atoms with Crippen molar-refractivity contribution >= 4 is 34.2 Å². The monoisotopic (exact) mass is 544 g/mol. The Balaban J connectivity index is 1.56. The minimum Gasteiger partial charge on any atom is -0.378 e. The van der Waals surface area contributed by atoms with Gasteiger partial charge >= 0.3 is 0 Å². The summed E-state index contributed by atoms with van der Waals surface area (Å²) in [6.45, 7) is 8.35. The lowest BCUT2D eigenvalue weighted by molar-refractivity contribution is -0.128. The third-order valence-electron chi connectivity index (χ3n) is 6.67. The molecule has 208 valence electrons. The zero-order chi connectivity index (χ0) is 28.3. The van der Waals surface area contributed by atoms with E-state index in [4.69, 9.17) is 4.74 Å². The molecule has 0 saturated carbocycles. The van der Waals surface area contributed by atoms with Crippen molar-refractivity contribution < 1.29 is 18.7 Å². The van der Waals surface area contributed by atoms with Gasteiger partial charge in [-0.1, -0.05) is 29.5 Å². The molecule has 3 aromatic carbocycles. The fourth-order valence-corrected chi connectivity index (χ4v) is 4.82. The Morgan fingerprint density at radius 3 is 2.35 bits per heavy atom. The van der Waals surface area contributed by atoms with E-state index in [0.29, 0.717) is 35.5 Å². The van der Waals surface area contributed by atoms with Crippen LogP contribution in [0.1, 0.15) is 32.4 Å². The van der Waals surface area contributed by atoms with Crippen LogP contribution in [-0.2, 0) is 20.9 Å². The van der Waals surface area contributed by atoms with Gasteiger partial charge in [-0.25, -0.2) is 9.07 Å². The molecule has 1 atom stereocenters. The van der Waals surface area contributed by atoms with Crippen LogP contribution in [0, 0.1) is 5.82 Å². The molecular formula is C30H33FN6O3. The van der Waals surface area contributed by atoms with Crippen LogP contribution in [0.15, 0.2) is 72.8 Å². The predicted molar refractivity (Wildman–Crippen MR) is 152 cm³/mol. The highest BCUT2D eigenvalue weighted by molar-refractivity contribution is 6.01. The zero-order valence-electron chi connectivity index (χ0n) is 22.9. The summed E-state index contributed by atoms with van der Waals surface area (Å²) in [6, 6.07) is 19.5. The van der Waals surface area contributed by atoms with Crippen molar-refractivity contribution in [2.24, 2.45) is 0 Å². The van der Waals surface area contributed by atoms with Crippen molar-refractivity contribution in [1.29, 1.82) is 0 Å². The molecule has 1 fully saturated rings. The van der Waals surface area contributed by atoms with Crippen LogP contribution in [0.5, 0.6) is 0 Å². The van der Waals surface area contributed by atoms with Crippen molar-refractivity contribution in [2.45, 2.75) is 38.9 Å². The predicted octanol–water partition coefficient (Wildman–Crippen LogP) is 4.10. The number of amides is 2. The number of carbonyl (C=O) groups is 2. The summed E-state index contributed by atoms with van der Waals surface area (Å²) in [7, 11) is 0. The van der Waals surface area contributed by atoms with Gasteiger partial charge in [-0.2, -0.15) is 0 Å². The molecule has 1 aromatic heterocycles. The van der Waals surface area contributed by atoms with Gasteiger partial charge in [0.05, 0.1) is 18.7 Å². The van der Waals surface area contributed by atoms with Gasteiger partial charge in [0.2, 0.25) is 11.8 Å². The Hall–Kier alpha value is -4.31. The van der Waals surface area contributed by atoms with Gasteiger partial charge in [-0.15, -0.1) is 5.10 Å². The number of nitrogens with zero attached hydrogens (tertiary/aromatic N) is 5. The van der Waals surface area contributed by atoms with Crippen molar-refractivity contribution in [1.82, 2.24) is 20.3 Å². The number of morpholine rings is 1. The smallest absolute Gasteiger partial charge is 0.249 e. The van der Waals surface area contributed by atoms with E-state index >= 15 is 0 Å². The molecule has 0 spiro atoms. The lowest BCUT2D eigenvalue weighted by atomic mass is 10.00. The molecule has 5 rings (SSSR count). The summed E-state index contributed by atoms with van der Waals surface area (Å²) in [4.78, 5) is 31.6. The first-order valence-corrected chi connectivity index (χ1v) is 13.3. The minimum absolute atomic E-state index is 0.164. The quantitative estimate of drug-likeness (QED) is 0.377. The first-order valence-electron chi connectivity index (χ1n) is 13.3. The van der Waals surface area contributed by atoms with E-state index in [9.17, 15) is 14.0 Å². The van der Waals surface area contributed by atoms with Crippen LogP contribution >= 0.6 is 0 Å². The van der Waals surface area contributed by atoms with E-state index in [-0.39, 0.29) is 12.5 Å². The maximum Gasteiger partial charge on any atom is 0.249 e. The maximum absolute atomic E-state index is 14.1. The van der Waals surface area contributed by atoms with E-state index in [1.54, 1.807) is 0 Å². The number of rotatable bonds is 7. The second-order valence-electron chi connectivity index (χ2n) is 10.8. The molecule has 0 radical (unpaired) electrons. The normalized spacial score (nSPS) is 14.7. The van der Waals surface area contributed by atoms with E-state index in [1.807, 2.05) is 69.3 Å². The summed E-state index contributed by atoms with van der Waals surface area (Å²) in [5.41, 5.74) is 2.82. The van der Waals surface area contributed by atoms with Gasteiger partial charge in [-0.3, -0.25) is 14.5 Å². The molecule has 9 nitrogen and oxygen atoms in total. The second kappa shape index (κ2) is 11.4. The summed E-state index contributed by atoms with van der Waals surface area (Å²) >= 11 is 0. The lowest BCUT2D eigenvalue weighted by Gasteiger charge is -2.34. The number of halogens is 1. The van der Waals surface area contributed by atoms with Crippen LogP contribution in [0.25, 0.3) is 11.0 Å². The summed E-state index contributed by atoms with van der Waals surface area (Å²) in [5.74, 6) is -1.19. The number of anilines is 2. The molecule has 40 heavy (non-hydrogen) atoms. The Morgan fingerprint density at radius 2 is 1.68 bits per heavy atom. The zero-order valence-corrected chi connectivity index (χ0v) is 22.9. The number of fused-ring (bicyclic) bond motifs is 1. The molecule has 1 aliphatic rings. The largest absolute Gasteiger partial charge is 0.378 e. The number of para-hydroxylation sites is 1. The highest BCUT2D eigenvalue weighted by Crippen LogP contribution is 2.31.